The van der Waals surface area contributed by atoms with Gasteiger partial charge in [-0.05, 0) is 24.6 Å². The molecule has 1 aromatic carbocycles. The standard InChI is InChI=1S/C17H15ClF3NO4/c1-8-5-11(24-2)12(25-3)6-9(8)15(23)13-14(18)10(17(19,20)21)7-22-16(13)26-4/h5-7H,1-4H3. The summed E-state index contributed by atoms with van der Waals surface area (Å²) < 4.78 is 54.6. The first-order valence-corrected chi connectivity index (χ1v) is 7.60. The first-order chi connectivity index (χ1) is 12.1. The highest BCUT2D eigenvalue weighted by molar-refractivity contribution is 6.36. The second-order valence-corrected chi connectivity index (χ2v) is 5.60. The lowest BCUT2D eigenvalue weighted by Gasteiger charge is -2.16. The van der Waals surface area contributed by atoms with Gasteiger partial charge in [-0.1, -0.05) is 11.6 Å². The number of pyridine rings is 1. The van der Waals surface area contributed by atoms with Crippen LogP contribution < -0.4 is 14.2 Å². The Morgan fingerprint density at radius 2 is 1.65 bits per heavy atom. The Hall–Kier alpha value is -2.48. The molecule has 0 radical (unpaired) electrons. The number of halogens is 4. The molecular weight excluding hydrogens is 375 g/mol. The van der Waals surface area contributed by atoms with Crippen LogP contribution in [-0.2, 0) is 6.18 Å². The van der Waals surface area contributed by atoms with Crippen LogP contribution >= 0.6 is 11.6 Å². The Morgan fingerprint density at radius 1 is 1.08 bits per heavy atom. The van der Waals surface area contributed by atoms with Crippen molar-refractivity contribution in [3.05, 3.63) is 45.6 Å². The molecule has 0 atom stereocenters. The second kappa shape index (κ2) is 7.41. The van der Waals surface area contributed by atoms with Gasteiger partial charge in [-0.3, -0.25) is 4.79 Å². The Balaban J connectivity index is 2.71. The van der Waals surface area contributed by atoms with E-state index in [2.05, 4.69) is 4.98 Å². The summed E-state index contributed by atoms with van der Waals surface area (Å²) in [6.07, 6.45) is -4.24. The maximum atomic E-state index is 13.1. The van der Waals surface area contributed by atoms with Gasteiger partial charge in [0.15, 0.2) is 17.3 Å². The normalized spacial score (nSPS) is 11.2. The maximum absolute atomic E-state index is 13.1. The molecule has 1 aromatic heterocycles. The molecule has 0 fully saturated rings. The van der Waals surface area contributed by atoms with Crippen molar-refractivity contribution < 1.29 is 32.2 Å². The monoisotopic (exact) mass is 389 g/mol. The third-order valence-electron chi connectivity index (χ3n) is 3.68. The zero-order valence-electron chi connectivity index (χ0n) is 14.3. The molecule has 0 aliphatic heterocycles. The van der Waals surface area contributed by atoms with Crippen molar-refractivity contribution in [2.45, 2.75) is 13.1 Å². The summed E-state index contributed by atoms with van der Waals surface area (Å²) in [5.41, 5.74) is -1.15. The lowest BCUT2D eigenvalue weighted by molar-refractivity contribution is -0.137. The van der Waals surface area contributed by atoms with Crippen molar-refractivity contribution in [3.63, 3.8) is 0 Å². The first-order valence-electron chi connectivity index (χ1n) is 7.22. The Bertz CT molecular complexity index is 853. The molecule has 0 spiro atoms. The summed E-state index contributed by atoms with van der Waals surface area (Å²) in [7, 11) is 3.99. The van der Waals surface area contributed by atoms with E-state index in [1.54, 1.807) is 6.92 Å². The Labute approximate surface area is 152 Å². The molecule has 0 aliphatic carbocycles. The van der Waals surface area contributed by atoms with Crippen LogP contribution in [0.5, 0.6) is 17.4 Å². The number of aromatic nitrogens is 1. The lowest BCUT2D eigenvalue weighted by atomic mass is 9.98. The molecule has 0 unspecified atom stereocenters. The van der Waals surface area contributed by atoms with Gasteiger partial charge >= 0.3 is 6.18 Å². The van der Waals surface area contributed by atoms with Crippen molar-refractivity contribution in [2.75, 3.05) is 21.3 Å². The molecule has 0 aliphatic rings. The molecule has 2 rings (SSSR count). The number of hydrogen-bond donors (Lipinski definition) is 0. The van der Waals surface area contributed by atoms with Crippen molar-refractivity contribution in [1.82, 2.24) is 4.98 Å². The molecule has 5 nitrogen and oxygen atoms in total. The molecule has 140 valence electrons. The Kier molecular flexibility index (Phi) is 5.65. The second-order valence-electron chi connectivity index (χ2n) is 5.22. The number of carbonyl (C=O) groups is 1. The topological polar surface area (TPSA) is 57.7 Å². The Morgan fingerprint density at radius 3 is 2.15 bits per heavy atom. The number of methoxy groups -OCH3 is 3. The number of carbonyl (C=O) groups excluding carboxylic acids is 1. The number of nitrogens with zero attached hydrogens (tertiary/aromatic N) is 1. The van der Waals surface area contributed by atoms with E-state index in [1.807, 2.05) is 0 Å². The SMILES string of the molecule is COc1cc(C)c(C(=O)c2c(OC)ncc(C(F)(F)F)c2Cl)cc1OC. The minimum atomic E-state index is -4.77. The van der Waals surface area contributed by atoms with E-state index in [0.29, 0.717) is 17.5 Å². The van der Waals surface area contributed by atoms with Gasteiger partial charge in [-0.15, -0.1) is 0 Å². The van der Waals surface area contributed by atoms with E-state index < -0.39 is 28.1 Å². The van der Waals surface area contributed by atoms with Crippen LogP contribution in [-0.4, -0.2) is 32.1 Å². The average Bonchev–Trinajstić information content (AvgIpc) is 2.59. The van der Waals surface area contributed by atoms with Gasteiger partial charge in [0.05, 0.1) is 31.9 Å². The van der Waals surface area contributed by atoms with E-state index >= 15 is 0 Å². The largest absolute Gasteiger partial charge is 0.493 e. The minimum Gasteiger partial charge on any atom is -0.493 e. The van der Waals surface area contributed by atoms with E-state index in [9.17, 15) is 18.0 Å². The van der Waals surface area contributed by atoms with Crippen LogP contribution in [0.1, 0.15) is 27.0 Å². The van der Waals surface area contributed by atoms with Crippen molar-refractivity contribution >= 4 is 17.4 Å². The number of hydrogen-bond acceptors (Lipinski definition) is 5. The molecule has 0 bridgehead atoms. The fourth-order valence-electron chi connectivity index (χ4n) is 2.38. The number of aryl methyl sites for hydroxylation is 1. The average molecular weight is 390 g/mol. The highest BCUT2D eigenvalue weighted by Gasteiger charge is 2.37. The summed E-state index contributed by atoms with van der Waals surface area (Å²) >= 11 is 5.89. The molecule has 26 heavy (non-hydrogen) atoms. The summed E-state index contributed by atoms with van der Waals surface area (Å²) in [5.74, 6) is -0.454. The number of alkyl halides is 3. The van der Waals surface area contributed by atoms with Crippen LogP contribution in [0, 0.1) is 6.92 Å². The van der Waals surface area contributed by atoms with Gasteiger partial charge < -0.3 is 14.2 Å². The molecule has 1 heterocycles. The lowest BCUT2D eigenvalue weighted by Crippen LogP contribution is -2.14. The first kappa shape index (κ1) is 19.8. The molecule has 0 saturated heterocycles. The zero-order valence-corrected chi connectivity index (χ0v) is 15.1. The van der Waals surface area contributed by atoms with Crippen LogP contribution in [0.25, 0.3) is 0 Å². The zero-order chi connectivity index (χ0) is 19.6. The summed E-state index contributed by atoms with van der Waals surface area (Å²) in [5, 5.41) is -0.775. The predicted octanol–water partition coefficient (Wildman–Crippen LogP) is 4.32. The number of benzene rings is 1. The van der Waals surface area contributed by atoms with Crippen LogP contribution in [0.2, 0.25) is 5.02 Å². The van der Waals surface area contributed by atoms with E-state index in [0.717, 1.165) is 0 Å². The third-order valence-corrected chi connectivity index (χ3v) is 4.07. The minimum absolute atomic E-state index is 0.0870. The number of rotatable bonds is 5. The van der Waals surface area contributed by atoms with Gasteiger partial charge in [0, 0.05) is 11.8 Å². The molecular formula is C17H15ClF3NO4. The molecule has 2 aromatic rings. The fraction of sp³-hybridized carbons (Fsp3) is 0.294. The molecule has 0 amide bonds. The molecule has 0 N–H and O–H groups in total. The summed E-state index contributed by atoms with van der Waals surface area (Å²) in [6, 6.07) is 2.90. The van der Waals surface area contributed by atoms with Gasteiger partial charge in [0.25, 0.3) is 0 Å². The third kappa shape index (κ3) is 3.55. The highest BCUT2D eigenvalue weighted by Crippen LogP contribution is 2.40. The van der Waals surface area contributed by atoms with Gasteiger partial charge in [-0.2, -0.15) is 13.2 Å². The van der Waals surface area contributed by atoms with Crippen LogP contribution in [0.4, 0.5) is 13.2 Å². The van der Waals surface area contributed by atoms with Gasteiger partial charge in [0.1, 0.15) is 5.56 Å². The van der Waals surface area contributed by atoms with Crippen molar-refractivity contribution in [1.29, 1.82) is 0 Å². The highest BCUT2D eigenvalue weighted by atomic mass is 35.5. The van der Waals surface area contributed by atoms with E-state index in [-0.39, 0.29) is 17.2 Å². The summed E-state index contributed by atoms with van der Waals surface area (Å²) in [6.45, 7) is 1.61. The van der Waals surface area contributed by atoms with E-state index in [1.165, 1.54) is 33.5 Å². The summed E-state index contributed by atoms with van der Waals surface area (Å²) in [4.78, 5) is 16.5. The van der Waals surface area contributed by atoms with Crippen LogP contribution in [0.15, 0.2) is 18.3 Å². The maximum Gasteiger partial charge on any atom is 0.419 e. The van der Waals surface area contributed by atoms with Crippen molar-refractivity contribution in [3.8, 4) is 17.4 Å². The predicted molar refractivity (Wildman–Crippen MR) is 88.5 cm³/mol. The fourth-order valence-corrected chi connectivity index (χ4v) is 2.70. The van der Waals surface area contributed by atoms with Crippen molar-refractivity contribution in [2.24, 2.45) is 0 Å². The number of ketones is 1. The number of ether oxygens (including phenoxy) is 3. The van der Waals surface area contributed by atoms with Gasteiger partial charge in [-0.25, -0.2) is 4.98 Å². The molecule has 9 heteroatoms. The van der Waals surface area contributed by atoms with Crippen LogP contribution in [0.3, 0.4) is 0 Å². The molecule has 0 saturated carbocycles. The van der Waals surface area contributed by atoms with E-state index in [4.69, 9.17) is 25.8 Å². The smallest absolute Gasteiger partial charge is 0.419 e. The van der Waals surface area contributed by atoms with Gasteiger partial charge in [0.2, 0.25) is 5.88 Å². The quantitative estimate of drug-likeness (QED) is 0.713.